The molecule has 7 nitrogen and oxygen atoms in total. The van der Waals surface area contributed by atoms with Gasteiger partial charge in [-0.25, -0.2) is 8.42 Å². The van der Waals surface area contributed by atoms with E-state index < -0.39 is 15.9 Å². The van der Waals surface area contributed by atoms with Crippen LogP contribution in [0.5, 0.6) is 11.5 Å². The van der Waals surface area contributed by atoms with Crippen molar-refractivity contribution in [1.29, 1.82) is 0 Å². The summed E-state index contributed by atoms with van der Waals surface area (Å²) in [5, 5.41) is 0. The number of primary amides is 1. The Bertz CT molecular complexity index is 884. The summed E-state index contributed by atoms with van der Waals surface area (Å²) in [5.74, 6) is 0.166. The van der Waals surface area contributed by atoms with Crippen LogP contribution >= 0.6 is 0 Å². The number of hydrogen-bond donors (Lipinski definition) is 1. The summed E-state index contributed by atoms with van der Waals surface area (Å²) in [7, 11) is -3.90. The van der Waals surface area contributed by atoms with Crippen LogP contribution < -0.4 is 15.2 Å². The van der Waals surface area contributed by atoms with E-state index in [0.29, 0.717) is 31.1 Å². The molecule has 138 valence electrons. The molecule has 0 radical (unpaired) electrons. The zero-order valence-corrected chi connectivity index (χ0v) is 14.9. The van der Waals surface area contributed by atoms with Gasteiger partial charge < -0.3 is 15.2 Å². The molecule has 1 amide bonds. The number of ether oxygens (including phenoxy) is 2. The molecule has 8 heteroatoms. The second-order valence-electron chi connectivity index (χ2n) is 5.85. The molecule has 0 unspecified atom stereocenters. The molecule has 0 spiro atoms. The predicted octanol–water partition coefficient (Wildman–Crippen LogP) is 1.18. The van der Waals surface area contributed by atoms with E-state index in [4.69, 9.17) is 15.2 Å². The summed E-state index contributed by atoms with van der Waals surface area (Å²) >= 11 is 0. The molecule has 26 heavy (non-hydrogen) atoms. The molecule has 2 aromatic rings. The predicted molar refractivity (Wildman–Crippen MR) is 95.5 cm³/mol. The van der Waals surface area contributed by atoms with Crippen LogP contribution in [0.25, 0.3) is 0 Å². The van der Waals surface area contributed by atoms with Crippen molar-refractivity contribution in [2.24, 2.45) is 5.73 Å². The molecule has 0 aromatic heterocycles. The first-order valence-electron chi connectivity index (χ1n) is 8.19. The fraction of sp³-hybridized carbons (Fsp3) is 0.278. The Hall–Kier alpha value is -2.58. The number of rotatable bonds is 7. The van der Waals surface area contributed by atoms with Crippen molar-refractivity contribution < 1.29 is 22.7 Å². The van der Waals surface area contributed by atoms with E-state index in [1.54, 1.807) is 6.07 Å². The van der Waals surface area contributed by atoms with E-state index in [1.165, 1.54) is 12.1 Å². The summed E-state index contributed by atoms with van der Waals surface area (Å²) in [5.41, 5.74) is 6.23. The lowest BCUT2D eigenvalue weighted by Crippen LogP contribution is -2.39. The molecule has 0 saturated carbocycles. The molecule has 1 heterocycles. The van der Waals surface area contributed by atoms with Crippen molar-refractivity contribution in [2.75, 3.05) is 26.3 Å². The lowest BCUT2D eigenvalue weighted by molar-refractivity contribution is -0.118. The minimum absolute atomic E-state index is 0.0380. The first-order chi connectivity index (χ1) is 12.5. The third-order valence-electron chi connectivity index (χ3n) is 3.98. The van der Waals surface area contributed by atoms with Gasteiger partial charge in [0.2, 0.25) is 15.9 Å². The van der Waals surface area contributed by atoms with Gasteiger partial charge in [0, 0.05) is 12.6 Å². The Morgan fingerprint density at radius 3 is 2.42 bits per heavy atom. The Morgan fingerprint density at radius 1 is 1.04 bits per heavy atom. The fourth-order valence-corrected chi connectivity index (χ4v) is 4.11. The maximum atomic E-state index is 13.0. The zero-order valence-electron chi connectivity index (χ0n) is 14.1. The van der Waals surface area contributed by atoms with Gasteiger partial charge in [-0.05, 0) is 24.1 Å². The van der Waals surface area contributed by atoms with Crippen molar-refractivity contribution in [1.82, 2.24) is 4.31 Å². The van der Waals surface area contributed by atoms with Crippen molar-refractivity contribution in [2.45, 2.75) is 11.3 Å². The third-order valence-corrected chi connectivity index (χ3v) is 5.82. The first kappa shape index (κ1) is 18.2. The number of hydrogen-bond acceptors (Lipinski definition) is 5. The highest BCUT2D eigenvalue weighted by molar-refractivity contribution is 7.89. The van der Waals surface area contributed by atoms with Gasteiger partial charge in [-0.15, -0.1) is 0 Å². The second kappa shape index (κ2) is 7.76. The summed E-state index contributed by atoms with van der Waals surface area (Å²) in [6.45, 7) is 0.535. The Balaban J connectivity index is 1.85. The SMILES string of the molecule is NC(=O)CN(CCc1ccccc1)S(=O)(=O)c1ccc2c(c1)OCCO2. The van der Waals surface area contributed by atoms with Crippen molar-refractivity contribution in [3.63, 3.8) is 0 Å². The van der Waals surface area contributed by atoms with Gasteiger partial charge in [0.1, 0.15) is 13.2 Å². The summed E-state index contributed by atoms with van der Waals surface area (Å²) in [6, 6.07) is 13.9. The Morgan fingerprint density at radius 2 is 1.73 bits per heavy atom. The van der Waals surface area contributed by atoms with E-state index >= 15 is 0 Å². The van der Waals surface area contributed by atoms with Gasteiger partial charge in [-0.1, -0.05) is 30.3 Å². The molecule has 2 N–H and O–H groups in total. The molecular formula is C18H20N2O5S. The minimum Gasteiger partial charge on any atom is -0.486 e. The van der Waals surface area contributed by atoms with Crippen molar-refractivity contribution >= 4 is 15.9 Å². The lowest BCUT2D eigenvalue weighted by atomic mass is 10.1. The van der Waals surface area contributed by atoms with E-state index in [0.717, 1.165) is 9.87 Å². The van der Waals surface area contributed by atoms with Gasteiger partial charge in [0.05, 0.1) is 11.4 Å². The molecule has 2 aromatic carbocycles. The molecule has 0 saturated heterocycles. The van der Waals surface area contributed by atoms with Gasteiger partial charge in [-0.2, -0.15) is 4.31 Å². The van der Waals surface area contributed by atoms with Crippen LogP contribution in [0.3, 0.4) is 0 Å². The van der Waals surface area contributed by atoms with Gasteiger partial charge in [-0.3, -0.25) is 4.79 Å². The molecule has 0 bridgehead atoms. The number of carbonyl (C=O) groups is 1. The molecule has 0 fully saturated rings. The fourth-order valence-electron chi connectivity index (χ4n) is 2.69. The topological polar surface area (TPSA) is 98.9 Å². The van der Waals surface area contributed by atoms with Crippen molar-refractivity contribution in [3.05, 3.63) is 54.1 Å². The average Bonchev–Trinajstić information content (AvgIpc) is 2.65. The largest absolute Gasteiger partial charge is 0.486 e. The van der Waals surface area contributed by atoms with E-state index in [1.807, 2.05) is 30.3 Å². The van der Waals surface area contributed by atoms with Crippen LogP contribution in [0.1, 0.15) is 5.56 Å². The molecule has 1 aliphatic rings. The van der Waals surface area contributed by atoms with E-state index in [-0.39, 0.29) is 18.0 Å². The maximum Gasteiger partial charge on any atom is 0.243 e. The quantitative estimate of drug-likeness (QED) is 0.782. The van der Waals surface area contributed by atoms with Crippen LogP contribution in [-0.4, -0.2) is 44.9 Å². The normalized spacial score (nSPS) is 13.6. The zero-order chi connectivity index (χ0) is 18.6. The molecule has 1 aliphatic heterocycles. The number of amides is 1. The highest BCUT2D eigenvalue weighted by atomic mass is 32.2. The third kappa shape index (κ3) is 4.14. The molecule has 0 atom stereocenters. The molecule has 3 rings (SSSR count). The van der Waals surface area contributed by atoms with Crippen LogP contribution in [0.2, 0.25) is 0 Å². The Kier molecular flexibility index (Phi) is 5.43. The number of nitrogens with zero attached hydrogens (tertiary/aromatic N) is 1. The number of fused-ring (bicyclic) bond motifs is 1. The van der Waals surface area contributed by atoms with Crippen molar-refractivity contribution in [3.8, 4) is 11.5 Å². The second-order valence-corrected chi connectivity index (χ2v) is 7.78. The number of sulfonamides is 1. The standard InChI is InChI=1S/C18H20N2O5S/c19-18(21)13-20(9-8-14-4-2-1-3-5-14)26(22,23)15-6-7-16-17(12-15)25-11-10-24-16/h1-7,12H,8-11,13H2,(H2,19,21). The van der Waals surface area contributed by atoms with Crippen LogP contribution in [0.15, 0.2) is 53.4 Å². The summed E-state index contributed by atoms with van der Waals surface area (Å²) in [6.07, 6.45) is 0.470. The number of nitrogens with two attached hydrogens (primary N) is 1. The van der Waals surface area contributed by atoms with Crippen LogP contribution in [0.4, 0.5) is 0 Å². The van der Waals surface area contributed by atoms with Gasteiger partial charge in [0.15, 0.2) is 11.5 Å². The number of benzene rings is 2. The smallest absolute Gasteiger partial charge is 0.243 e. The Labute approximate surface area is 152 Å². The first-order valence-corrected chi connectivity index (χ1v) is 9.63. The lowest BCUT2D eigenvalue weighted by Gasteiger charge is -2.23. The highest BCUT2D eigenvalue weighted by Gasteiger charge is 2.27. The minimum atomic E-state index is -3.90. The van der Waals surface area contributed by atoms with Crippen LogP contribution in [0, 0.1) is 0 Å². The summed E-state index contributed by atoms with van der Waals surface area (Å²) in [4.78, 5) is 11.4. The molecule has 0 aliphatic carbocycles. The van der Waals surface area contributed by atoms with E-state index in [9.17, 15) is 13.2 Å². The monoisotopic (exact) mass is 376 g/mol. The number of carbonyl (C=O) groups excluding carboxylic acids is 1. The van der Waals surface area contributed by atoms with Gasteiger partial charge in [0.25, 0.3) is 0 Å². The average molecular weight is 376 g/mol. The highest BCUT2D eigenvalue weighted by Crippen LogP contribution is 2.33. The van der Waals surface area contributed by atoms with E-state index in [2.05, 4.69) is 0 Å². The molecular weight excluding hydrogens is 356 g/mol. The summed E-state index contributed by atoms with van der Waals surface area (Å²) < 4.78 is 37.9. The van der Waals surface area contributed by atoms with Gasteiger partial charge >= 0.3 is 0 Å². The van der Waals surface area contributed by atoms with Crippen LogP contribution in [-0.2, 0) is 21.2 Å². The maximum absolute atomic E-state index is 13.0.